The largest absolute Gasteiger partial charge is 0.492 e. The Morgan fingerprint density at radius 3 is 2.82 bits per heavy atom. The van der Waals surface area contributed by atoms with E-state index in [9.17, 15) is 5.11 Å². The summed E-state index contributed by atoms with van der Waals surface area (Å²) in [6.45, 7) is 0. The van der Waals surface area contributed by atoms with Gasteiger partial charge in [-0.3, -0.25) is 0 Å². The van der Waals surface area contributed by atoms with Gasteiger partial charge in [-0.05, 0) is 18.3 Å². The molecule has 1 heterocycles. The summed E-state index contributed by atoms with van der Waals surface area (Å²) in [5.74, 6) is -0.0336. The fraction of sp³-hybridized carbons (Fsp3) is 0.100. The van der Waals surface area contributed by atoms with E-state index >= 15 is 0 Å². The predicted molar refractivity (Wildman–Crippen MR) is 70.2 cm³/mol. The zero-order valence-electron chi connectivity index (χ0n) is 9.08. The average Bonchev–Trinajstić information content (AvgIpc) is 2.58. The Morgan fingerprint density at radius 2 is 2.18 bits per heavy atom. The Kier molecular flexibility index (Phi) is 2.92. The van der Waals surface area contributed by atoms with Crippen LogP contribution in [0.4, 0.5) is 5.69 Å². The highest BCUT2D eigenvalue weighted by atomic mass is 32.1. The molecular weight excluding hydrogens is 238 g/mol. The Bertz CT molecular complexity index is 604. The van der Waals surface area contributed by atoms with E-state index in [0.29, 0.717) is 5.69 Å². The van der Waals surface area contributed by atoms with Crippen LogP contribution in [0.2, 0.25) is 0 Å². The number of nitrogens with two attached hydrogens (primary N) is 1. The highest BCUT2D eigenvalue weighted by molar-refractivity contribution is 7.80. The van der Waals surface area contributed by atoms with Crippen molar-refractivity contribution < 1.29 is 5.11 Å². The zero-order valence-corrected chi connectivity index (χ0v) is 9.90. The van der Waals surface area contributed by atoms with Gasteiger partial charge in [-0.25, -0.2) is 4.68 Å². The molecule has 0 amide bonds. The van der Waals surface area contributed by atoms with E-state index in [-0.39, 0.29) is 11.0 Å². The number of aromatic nitrogens is 1. The molecule has 17 heavy (non-hydrogen) atoms. The molecule has 0 saturated heterocycles. The molecule has 0 aliphatic heterocycles. The minimum absolute atomic E-state index is 0.0336. The summed E-state index contributed by atoms with van der Waals surface area (Å²) in [5, 5.41) is 18.1. The lowest BCUT2D eigenvalue weighted by Gasteiger charge is -2.03. The molecule has 2 aromatic rings. The number of azo groups is 1. The lowest BCUT2D eigenvalue weighted by molar-refractivity contribution is 0.439. The van der Waals surface area contributed by atoms with Gasteiger partial charge in [0.1, 0.15) is 0 Å². The van der Waals surface area contributed by atoms with Gasteiger partial charge in [0.15, 0.2) is 5.69 Å². The normalized spacial score (nSPS) is 11.1. The van der Waals surface area contributed by atoms with E-state index in [1.807, 2.05) is 24.3 Å². The van der Waals surface area contributed by atoms with Crippen molar-refractivity contribution in [2.45, 2.75) is 0 Å². The predicted octanol–water partition coefficient (Wildman–Crippen LogP) is 1.85. The maximum absolute atomic E-state index is 9.99. The number of rotatable bonds is 2. The molecule has 0 aliphatic carbocycles. The van der Waals surface area contributed by atoms with E-state index in [4.69, 9.17) is 5.73 Å². The zero-order chi connectivity index (χ0) is 12.4. The van der Waals surface area contributed by atoms with Gasteiger partial charge in [-0.2, -0.15) is 0 Å². The first-order chi connectivity index (χ1) is 8.15. The number of aromatic hydroxyl groups is 1. The first-order valence-corrected chi connectivity index (χ1v) is 5.27. The molecule has 0 radical (unpaired) electrons. The van der Waals surface area contributed by atoms with Crippen LogP contribution in [-0.2, 0) is 0 Å². The van der Waals surface area contributed by atoms with E-state index in [1.165, 1.54) is 4.68 Å². The van der Waals surface area contributed by atoms with Crippen LogP contribution in [0.1, 0.15) is 0 Å². The van der Waals surface area contributed by atoms with E-state index < -0.39 is 0 Å². The smallest absolute Gasteiger partial charge is 0.239 e. The third-order valence-electron chi connectivity index (χ3n) is 2.30. The van der Waals surface area contributed by atoms with Crippen LogP contribution in [-0.4, -0.2) is 21.9 Å². The lowest BCUT2D eigenvalue weighted by atomic mass is 10.2. The number of fused-ring (bicyclic) bond motifs is 1. The minimum Gasteiger partial charge on any atom is -0.492 e. The number of nitrogens with zero attached hydrogens (tertiary/aromatic N) is 3. The molecule has 88 valence electrons. The number of nitrogens with one attached hydrogen (secondary N) is 1. The van der Waals surface area contributed by atoms with Crippen molar-refractivity contribution in [3.63, 3.8) is 0 Å². The van der Waals surface area contributed by atoms with Gasteiger partial charge < -0.3 is 16.3 Å². The van der Waals surface area contributed by atoms with Gasteiger partial charge in [-0.15, -0.1) is 10.2 Å². The van der Waals surface area contributed by atoms with Gasteiger partial charge in [0.2, 0.25) is 11.0 Å². The summed E-state index contributed by atoms with van der Waals surface area (Å²) in [6, 6.07) is 7.40. The summed E-state index contributed by atoms with van der Waals surface area (Å²) < 4.78 is 1.50. The van der Waals surface area contributed by atoms with Crippen LogP contribution in [0.15, 0.2) is 34.5 Å². The third kappa shape index (κ3) is 1.92. The Hall–Kier alpha value is -2.15. The monoisotopic (exact) mass is 249 g/mol. The molecule has 1 aromatic heterocycles. The summed E-state index contributed by atoms with van der Waals surface area (Å²) in [5.41, 5.74) is 9.22. The van der Waals surface area contributed by atoms with Crippen molar-refractivity contribution in [2.75, 3.05) is 12.5 Å². The molecule has 1 aromatic carbocycles. The average molecular weight is 249 g/mol. The lowest BCUT2D eigenvalue weighted by Crippen LogP contribution is -2.06. The van der Waals surface area contributed by atoms with Crippen molar-refractivity contribution >= 4 is 33.9 Å². The third-order valence-corrected chi connectivity index (χ3v) is 2.38. The maximum Gasteiger partial charge on any atom is 0.239 e. The van der Waals surface area contributed by atoms with E-state index in [0.717, 1.165) is 10.9 Å². The van der Waals surface area contributed by atoms with Gasteiger partial charge >= 0.3 is 0 Å². The van der Waals surface area contributed by atoms with Crippen molar-refractivity contribution in [1.82, 2.24) is 4.68 Å². The fourth-order valence-corrected chi connectivity index (χ4v) is 1.67. The van der Waals surface area contributed by atoms with Gasteiger partial charge in [0, 0.05) is 12.4 Å². The molecule has 4 N–H and O–H groups in total. The van der Waals surface area contributed by atoms with Crippen LogP contribution < -0.4 is 11.2 Å². The first-order valence-electron chi connectivity index (χ1n) is 4.86. The Morgan fingerprint density at radius 1 is 1.47 bits per heavy atom. The second-order valence-electron chi connectivity index (χ2n) is 3.29. The molecule has 2 rings (SSSR count). The molecule has 0 aliphatic rings. The molecule has 0 atom stereocenters. The minimum atomic E-state index is -0.0781. The fourth-order valence-electron chi connectivity index (χ4n) is 1.63. The van der Waals surface area contributed by atoms with Crippen LogP contribution in [0.25, 0.3) is 10.9 Å². The standard InChI is InChI=1S/C10H11N5OS/c1-12-15-7-5-3-2-4-6(7)8(9(15)16)13-14-10(11)17/h2-5,12,16H,1H3,(H2,11,17). The summed E-state index contributed by atoms with van der Waals surface area (Å²) in [7, 11) is 1.70. The van der Waals surface area contributed by atoms with Crippen LogP contribution in [0.5, 0.6) is 5.88 Å². The quantitative estimate of drug-likeness (QED) is 0.560. The Labute approximate surface area is 103 Å². The highest BCUT2D eigenvalue weighted by Crippen LogP contribution is 2.37. The Balaban J connectivity index is 2.70. The topological polar surface area (TPSA) is 87.9 Å². The second kappa shape index (κ2) is 4.38. The van der Waals surface area contributed by atoms with Crippen LogP contribution in [0.3, 0.4) is 0 Å². The molecular formula is C10H11N5OS. The number of benzene rings is 1. The van der Waals surface area contributed by atoms with Gasteiger partial charge in [0.05, 0.1) is 5.52 Å². The molecule has 0 saturated carbocycles. The molecule has 0 unspecified atom stereocenters. The summed E-state index contributed by atoms with van der Waals surface area (Å²) in [4.78, 5) is 0. The summed E-state index contributed by atoms with van der Waals surface area (Å²) in [6.07, 6.45) is 0. The molecule has 0 bridgehead atoms. The molecule has 6 nitrogen and oxygen atoms in total. The van der Waals surface area contributed by atoms with E-state index in [2.05, 4.69) is 27.9 Å². The van der Waals surface area contributed by atoms with Crippen LogP contribution in [0, 0.1) is 0 Å². The molecule has 7 heteroatoms. The maximum atomic E-state index is 9.99. The van der Waals surface area contributed by atoms with Crippen molar-refractivity contribution in [1.29, 1.82) is 0 Å². The SMILES string of the molecule is CNn1c(O)c(N=NC(N)=S)c2ccccc21. The van der Waals surface area contributed by atoms with Crippen molar-refractivity contribution in [3.05, 3.63) is 24.3 Å². The van der Waals surface area contributed by atoms with Crippen molar-refractivity contribution in [2.24, 2.45) is 16.0 Å². The number of para-hydroxylation sites is 1. The van der Waals surface area contributed by atoms with E-state index in [1.54, 1.807) is 7.05 Å². The number of thiocarbonyl (C=S) groups is 1. The molecule has 0 spiro atoms. The van der Waals surface area contributed by atoms with Gasteiger partial charge in [0.25, 0.3) is 0 Å². The highest BCUT2D eigenvalue weighted by Gasteiger charge is 2.15. The number of hydrogen-bond acceptors (Lipinski definition) is 4. The van der Waals surface area contributed by atoms with Gasteiger partial charge in [-0.1, -0.05) is 18.2 Å². The number of hydrogen-bond donors (Lipinski definition) is 3. The first kappa shape index (κ1) is 11.3. The van der Waals surface area contributed by atoms with Crippen LogP contribution >= 0.6 is 12.2 Å². The second-order valence-corrected chi connectivity index (χ2v) is 3.70. The summed E-state index contributed by atoms with van der Waals surface area (Å²) >= 11 is 4.61. The molecule has 0 fully saturated rings. The van der Waals surface area contributed by atoms with Crippen molar-refractivity contribution in [3.8, 4) is 5.88 Å².